The van der Waals surface area contributed by atoms with Gasteiger partial charge >= 0.3 is 6.09 Å². The van der Waals surface area contributed by atoms with E-state index in [4.69, 9.17) is 9.84 Å². The van der Waals surface area contributed by atoms with Gasteiger partial charge in [0, 0.05) is 30.2 Å². The fourth-order valence-electron chi connectivity index (χ4n) is 3.84. The Labute approximate surface area is 178 Å². The molecule has 2 N–H and O–H groups in total. The summed E-state index contributed by atoms with van der Waals surface area (Å²) < 4.78 is 32.8. The quantitative estimate of drug-likeness (QED) is 0.509. The number of phenols is 1. The van der Waals surface area contributed by atoms with Gasteiger partial charge in [-0.25, -0.2) is 13.6 Å². The van der Waals surface area contributed by atoms with Crippen molar-refractivity contribution in [3.63, 3.8) is 0 Å². The molecule has 4 rings (SSSR count). The van der Waals surface area contributed by atoms with Crippen molar-refractivity contribution in [2.24, 2.45) is 0 Å². The lowest BCUT2D eigenvalue weighted by atomic mass is 9.98. The molecule has 0 saturated carbocycles. The normalized spacial score (nSPS) is 12.6. The highest BCUT2D eigenvalue weighted by Crippen LogP contribution is 2.44. The van der Waals surface area contributed by atoms with Crippen LogP contribution in [0.3, 0.4) is 0 Å². The molecule has 0 aliphatic heterocycles. The highest BCUT2D eigenvalue weighted by Gasteiger charge is 2.28. The molecule has 3 aromatic carbocycles. The second-order valence-electron chi connectivity index (χ2n) is 7.27. The lowest BCUT2D eigenvalue weighted by Crippen LogP contribution is -2.26. The number of ether oxygens (including phenoxy) is 1. The minimum Gasteiger partial charge on any atom is -0.508 e. The van der Waals surface area contributed by atoms with E-state index in [1.54, 1.807) is 6.08 Å². The van der Waals surface area contributed by atoms with E-state index in [0.717, 1.165) is 34.4 Å². The molecule has 0 heterocycles. The summed E-state index contributed by atoms with van der Waals surface area (Å²) in [5.74, 6) is -2.18. The number of alkyl carbamates (subject to hydrolysis) is 1. The van der Waals surface area contributed by atoms with Crippen LogP contribution in [-0.2, 0) is 4.74 Å². The van der Waals surface area contributed by atoms with Crippen molar-refractivity contribution >= 4 is 12.2 Å². The average molecular weight is 421 g/mol. The van der Waals surface area contributed by atoms with Crippen molar-refractivity contribution in [1.29, 1.82) is 0 Å². The third-order valence-electron chi connectivity index (χ3n) is 5.27. The molecule has 6 heteroatoms. The third-order valence-corrected chi connectivity index (χ3v) is 5.27. The molecule has 0 saturated heterocycles. The lowest BCUT2D eigenvalue weighted by Gasteiger charge is -2.14. The van der Waals surface area contributed by atoms with Crippen LogP contribution in [0.15, 0.2) is 66.7 Å². The SMILES string of the molecule is O=C(NCCC=Cc1c(F)cc(O)cc1F)OCC1c2ccccc2-c2ccccc21. The first-order valence-electron chi connectivity index (χ1n) is 9.98. The number of hydrogen-bond donors (Lipinski definition) is 2. The second kappa shape index (κ2) is 9.00. The number of carbonyl (C=O) groups excluding carboxylic acids is 1. The van der Waals surface area contributed by atoms with Gasteiger partial charge in [0.1, 0.15) is 24.0 Å². The van der Waals surface area contributed by atoms with E-state index in [1.165, 1.54) is 6.08 Å². The van der Waals surface area contributed by atoms with Crippen LogP contribution in [-0.4, -0.2) is 24.4 Å². The molecule has 0 fully saturated rings. The van der Waals surface area contributed by atoms with E-state index in [-0.39, 0.29) is 24.6 Å². The number of phenolic OH excluding ortho intramolecular Hbond substituents is 1. The number of rotatable bonds is 6. The molecule has 158 valence electrons. The standard InChI is InChI=1S/C25H21F2NO3/c26-23-13-16(29)14-24(27)21(23)11-5-6-12-28-25(30)31-15-22-19-9-3-1-7-17(19)18-8-2-4-10-20(18)22/h1-5,7-11,13-14,22,29H,6,12,15H2,(H,28,30). The van der Waals surface area contributed by atoms with Gasteiger partial charge in [-0.3, -0.25) is 0 Å². The molecule has 0 unspecified atom stereocenters. The first kappa shape index (κ1) is 20.6. The van der Waals surface area contributed by atoms with E-state index in [2.05, 4.69) is 17.4 Å². The summed E-state index contributed by atoms with van der Waals surface area (Å²) in [6.45, 7) is 0.480. The molecule has 31 heavy (non-hydrogen) atoms. The van der Waals surface area contributed by atoms with Gasteiger partial charge < -0.3 is 15.2 Å². The maximum Gasteiger partial charge on any atom is 0.407 e. The number of hydrogen-bond acceptors (Lipinski definition) is 3. The van der Waals surface area contributed by atoms with E-state index in [1.807, 2.05) is 36.4 Å². The largest absolute Gasteiger partial charge is 0.508 e. The Morgan fingerprint density at radius 3 is 2.19 bits per heavy atom. The molecule has 1 amide bonds. The highest BCUT2D eigenvalue weighted by molar-refractivity contribution is 5.79. The number of carbonyl (C=O) groups is 1. The highest BCUT2D eigenvalue weighted by atomic mass is 19.1. The van der Waals surface area contributed by atoms with Crippen LogP contribution in [0.4, 0.5) is 13.6 Å². The van der Waals surface area contributed by atoms with Crippen LogP contribution in [0.2, 0.25) is 0 Å². The summed E-state index contributed by atoms with van der Waals surface area (Å²) in [5.41, 5.74) is 4.35. The van der Waals surface area contributed by atoms with E-state index >= 15 is 0 Å². The minimum absolute atomic E-state index is 0.0153. The zero-order valence-electron chi connectivity index (χ0n) is 16.6. The van der Waals surface area contributed by atoms with Gasteiger partial charge in [0.05, 0.1) is 0 Å². The Morgan fingerprint density at radius 2 is 1.58 bits per heavy atom. The summed E-state index contributed by atoms with van der Waals surface area (Å²) in [5, 5.41) is 11.8. The Bertz CT molecular complexity index is 1070. The van der Waals surface area contributed by atoms with Gasteiger partial charge in [-0.15, -0.1) is 0 Å². The van der Waals surface area contributed by atoms with Gasteiger partial charge in [-0.05, 0) is 28.7 Å². The predicted molar refractivity (Wildman–Crippen MR) is 115 cm³/mol. The van der Waals surface area contributed by atoms with Crippen molar-refractivity contribution < 1.29 is 23.4 Å². The van der Waals surface area contributed by atoms with Crippen molar-refractivity contribution in [3.05, 3.63) is 95.1 Å². The van der Waals surface area contributed by atoms with E-state index < -0.39 is 23.5 Å². The zero-order chi connectivity index (χ0) is 21.8. The molecule has 0 spiro atoms. The molecule has 1 aliphatic carbocycles. The average Bonchev–Trinajstić information content (AvgIpc) is 3.07. The van der Waals surface area contributed by atoms with Gasteiger partial charge in [0.15, 0.2) is 0 Å². The van der Waals surface area contributed by atoms with Crippen molar-refractivity contribution in [2.45, 2.75) is 12.3 Å². The van der Waals surface area contributed by atoms with Crippen LogP contribution >= 0.6 is 0 Å². The molecular weight excluding hydrogens is 400 g/mol. The molecule has 3 aromatic rings. The molecule has 4 nitrogen and oxygen atoms in total. The van der Waals surface area contributed by atoms with Gasteiger partial charge in [0.2, 0.25) is 0 Å². The number of fused-ring (bicyclic) bond motifs is 3. The fourth-order valence-corrected chi connectivity index (χ4v) is 3.84. The molecule has 0 bridgehead atoms. The minimum atomic E-state index is -0.849. The van der Waals surface area contributed by atoms with Gasteiger partial charge in [0.25, 0.3) is 0 Å². The number of aromatic hydroxyl groups is 1. The summed E-state index contributed by atoms with van der Waals surface area (Å²) in [6.07, 6.45) is 2.65. The Kier molecular flexibility index (Phi) is 5.98. The smallest absolute Gasteiger partial charge is 0.407 e. The molecule has 0 atom stereocenters. The second-order valence-corrected chi connectivity index (χ2v) is 7.27. The van der Waals surface area contributed by atoms with E-state index in [0.29, 0.717) is 6.42 Å². The monoisotopic (exact) mass is 421 g/mol. The van der Waals surface area contributed by atoms with Crippen LogP contribution in [0, 0.1) is 11.6 Å². The molecule has 0 aromatic heterocycles. The third kappa shape index (κ3) is 4.43. The fraction of sp³-hybridized carbons (Fsp3) is 0.160. The number of halogens is 2. The molecule has 1 aliphatic rings. The first-order chi connectivity index (χ1) is 15.0. The van der Waals surface area contributed by atoms with Crippen LogP contribution in [0.5, 0.6) is 5.75 Å². The maximum atomic E-state index is 13.7. The van der Waals surface area contributed by atoms with Gasteiger partial charge in [-0.1, -0.05) is 60.7 Å². The summed E-state index contributed by atoms with van der Waals surface area (Å²) in [7, 11) is 0. The molecular formula is C25H21F2NO3. The maximum absolute atomic E-state index is 13.7. The Hall–Kier alpha value is -3.67. The first-order valence-corrected chi connectivity index (χ1v) is 9.98. The Morgan fingerprint density at radius 1 is 1.00 bits per heavy atom. The number of nitrogens with one attached hydrogen (secondary N) is 1. The Balaban J connectivity index is 1.29. The topological polar surface area (TPSA) is 58.6 Å². The van der Waals surface area contributed by atoms with Crippen LogP contribution < -0.4 is 5.32 Å². The van der Waals surface area contributed by atoms with Crippen LogP contribution in [0.25, 0.3) is 17.2 Å². The zero-order valence-corrected chi connectivity index (χ0v) is 16.6. The van der Waals surface area contributed by atoms with Crippen molar-refractivity contribution in [3.8, 4) is 16.9 Å². The number of amides is 1. The lowest BCUT2D eigenvalue weighted by molar-refractivity contribution is 0.143. The number of benzene rings is 3. The van der Waals surface area contributed by atoms with Crippen molar-refractivity contribution in [1.82, 2.24) is 5.32 Å². The van der Waals surface area contributed by atoms with Crippen LogP contribution in [0.1, 0.15) is 29.0 Å². The summed E-state index contributed by atoms with van der Waals surface area (Å²) in [6, 6.07) is 17.9. The van der Waals surface area contributed by atoms with Crippen molar-refractivity contribution in [2.75, 3.05) is 13.2 Å². The predicted octanol–water partition coefficient (Wildman–Crippen LogP) is 5.61. The van der Waals surface area contributed by atoms with E-state index in [9.17, 15) is 13.6 Å². The summed E-state index contributed by atoms with van der Waals surface area (Å²) >= 11 is 0. The summed E-state index contributed by atoms with van der Waals surface area (Å²) in [4.78, 5) is 12.1. The van der Waals surface area contributed by atoms with Gasteiger partial charge in [-0.2, -0.15) is 0 Å². The molecule has 0 radical (unpaired) electrons.